The highest BCUT2D eigenvalue weighted by molar-refractivity contribution is 9.10. The Morgan fingerprint density at radius 3 is 2.04 bits per heavy atom. The van der Waals surface area contributed by atoms with E-state index in [1.165, 1.54) is 0 Å². The predicted molar refractivity (Wildman–Crippen MR) is 102 cm³/mol. The first-order valence-electron chi connectivity index (χ1n) is 7.52. The summed E-state index contributed by atoms with van der Waals surface area (Å²) in [5.41, 5.74) is 2.50. The Morgan fingerprint density at radius 2 is 1.54 bits per heavy atom. The summed E-state index contributed by atoms with van der Waals surface area (Å²) in [4.78, 5) is 2.49. The maximum atomic E-state index is 12.4. The minimum absolute atomic E-state index is 0.0218. The van der Waals surface area contributed by atoms with Crippen molar-refractivity contribution in [2.24, 2.45) is 5.10 Å². The standard InChI is InChI=1S/C18H21BrN2O2S/c1-13(14-5-9-16(19)10-6-14)20-21-24(22,23)17-11-7-15(8-12-17)18(2,3)4/h5-12,21H,1-4H3/b20-13+. The van der Waals surface area contributed by atoms with Gasteiger partial charge in [-0.15, -0.1) is 0 Å². The molecule has 0 aromatic heterocycles. The number of nitrogens with one attached hydrogen (secondary N) is 1. The molecule has 2 aromatic rings. The first-order chi connectivity index (χ1) is 11.1. The summed E-state index contributed by atoms with van der Waals surface area (Å²) >= 11 is 3.36. The van der Waals surface area contributed by atoms with Crippen LogP contribution in [0, 0.1) is 0 Å². The van der Waals surface area contributed by atoms with Crippen LogP contribution >= 0.6 is 15.9 Å². The van der Waals surface area contributed by atoms with E-state index in [1.807, 2.05) is 36.4 Å². The Morgan fingerprint density at radius 1 is 1.00 bits per heavy atom. The molecule has 24 heavy (non-hydrogen) atoms. The molecule has 0 heterocycles. The smallest absolute Gasteiger partial charge is 0.200 e. The molecule has 0 bridgehead atoms. The third kappa shape index (κ3) is 4.68. The SMILES string of the molecule is C/C(=N\NS(=O)(=O)c1ccc(C(C)(C)C)cc1)c1ccc(Br)cc1. The Hall–Kier alpha value is -1.66. The Balaban J connectivity index is 2.19. The zero-order chi connectivity index (χ0) is 18.0. The lowest BCUT2D eigenvalue weighted by Crippen LogP contribution is -2.20. The van der Waals surface area contributed by atoms with E-state index in [2.05, 4.69) is 46.6 Å². The Labute approximate surface area is 152 Å². The van der Waals surface area contributed by atoms with Gasteiger partial charge in [0.2, 0.25) is 0 Å². The van der Waals surface area contributed by atoms with E-state index in [1.54, 1.807) is 19.1 Å². The fourth-order valence-electron chi connectivity index (χ4n) is 2.07. The maximum absolute atomic E-state index is 12.4. The molecule has 0 radical (unpaired) electrons. The number of hydrogen-bond acceptors (Lipinski definition) is 3. The van der Waals surface area contributed by atoms with Crippen molar-refractivity contribution in [3.8, 4) is 0 Å². The van der Waals surface area contributed by atoms with Crippen LogP contribution in [0.2, 0.25) is 0 Å². The lowest BCUT2D eigenvalue weighted by Gasteiger charge is -2.19. The molecule has 128 valence electrons. The van der Waals surface area contributed by atoms with Gasteiger partial charge in [0.25, 0.3) is 10.0 Å². The summed E-state index contributed by atoms with van der Waals surface area (Å²) in [6, 6.07) is 14.4. The summed E-state index contributed by atoms with van der Waals surface area (Å²) in [6.45, 7) is 8.01. The monoisotopic (exact) mass is 408 g/mol. The molecule has 4 nitrogen and oxygen atoms in total. The lowest BCUT2D eigenvalue weighted by molar-refractivity contribution is 0.580. The van der Waals surface area contributed by atoms with E-state index in [4.69, 9.17) is 0 Å². The van der Waals surface area contributed by atoms with Crippen LogP contribution < -0.4 is 4.83 Å². The van der Waals surface area contributed by atoms with E-state index in [0.29, 0.717) is 5.71 Å². The number of sulfonamides is 1. The molecule has 1 N–H and O–H groups in total. The second kappa shape index (κ2) is 7.07. The van der Waals surface area contributed by atoms with E-state index in [-0.39, 0.29) is 10.3 Å². The molecule has 0 spiro atoms. The number of nitrogens with zero attached hydrogens (tertiary/aromatic N) is 1. The van der Waals surface area contributed by atoms with Gasteiger partial charge in [-0.1, -0.05) is 61.0 Å². The van der Waals surface area contributed by atoms with Crippen molar-refractivity contribution in [1.29, 1.82) is 0 Å². The van der Waals surface area contributed by atoms with Gasteiger partial charge in [-0.2, -0.15) is 18.4 Å². The van der Waals surface area contributed by atoms with Crippen LogP contribution in [0.25, 0.3) is 0 Å². The fourth-order valence-corrected chi connectivity index (χ4v) is 3.19. The number of benzene rings is 2. The zero-order valence-electron chi connectivity index (χ0n) is 14.2. The van der Waals surface area contributed by atoms with Crippen LogP contribution in [0.1, 0.15) is 38.8 Å². The highest BCUT2D eigenvalue weighted by Crippen LogP contribution is 2.23. The largest absolute Gasteiger partial charge is 0.276 e. The molecule has 0 saturated carbocycles. The van der Waals surface area contributed by atoms with Crippen molar-refractivity contribution < 1.29 is 8.42 Å². The summed E-state index contributed by atoms with van der Waals surface area (Å²) < 4.78 is 25.7. The first kappa shape index (κ1) is 18.7. The van der Waals surface area contributed by atoms with Crippen LogP contribution in [0.4, 0.5) is 0 Å². The van der Waals surface area contributed by atoms with Crippen LogP contribution in [-0.2, 0) is 15.4 Å². The normalized spacial score (nSPS) is 13.0. The molecule has 0 atom stereocenters. The Bertz CT molecular complexity index is 834. The zero-order valence-corrected chi connectivity index (χ0v) is 16.6. The molecule has 6 heteroatoms. The third-order valence-corrected chi connectivity index (χ3v) is 5.38. The molecule has 0 saturated heterocycles. The fraction of sp³-hybridized carbons (Fsp3) is 0.278. The van der Waals surface area contributed by atoms with Crippen LogP contribution in [0.3, 0.4) is 0 Å². The first-order valence-corrected chi connectivity index (χ1v) is 9.80. The number of halogens is 1. The molecule has 0 fully saturated rings. The molecular weight excluding hydrogens is 388 g/mol. The van der Waals surface area contributed by atoms with Crippen LogP contribution in [0.5, 0.6) is 0 Å². The van der Waals surface area contributed by atoms with Gasteiger partial charge in [0, 0.05) is 4.47 Å². The topological polar surface area (TPSA) is 58.5 Å². The number of hydrogen-bond donors (Lipinski definition) is 1. The summed E-state index contributed by atoms with van der Waals surface area (Å²) in [5.74, 6) is 0. The van der Waals surface area contributed by atoms with Gasteiger partial charge in [-0.05, 0) is 47.7 Å². The highest BCUT2D eigenvalue weighted by atomic mass is 79.9. The van der Waals surface area contributed by atoms with Crippen molar-refractivity contribution in [2.45, 2.75) is 38.0 Å². The minimum Gasteiger partial charge on any atom is -0.200 e. The van der Waals surface area contributed by atoms with Gasteiger partial charge in [0.15, 0.2) is 0 Å². The molecule has 2 aromatic carbocycles. The maximum Gasteiger partial charge on any atom is 0.276 e. The van der Waals surface area contributed by atoms with Gasteiger partial charge in [0.1, 0.15) is 0 Å². The third-order valence-electron chi connectivity index (χ3n) is 3.63. The van der Waals surface area contributed by atoms with Crippen molar-refractivity contribution in [3.05, 3.63) is 64.1 Å². The van der Waals surface area contributed by atoms with Crippen molar-refractivity contribution in [2.75, 3.05) is 0 Å². The van der Waals surface area contributed by atoms with Crippen molar-refractivity contribution >= 4 is 31.7 Å². The second-order valence-electron chi connectivity index (χ2n) is 6.57. The van der Waals surface area contributed by atoms with Crippen molar-refractivity contribution in [1.82, 2.24) is 4.83 Å². The summed E-state index contributed by atoms with van der Waals surface area (Å²) in [6.07, 6.45) is 0. The summed E-state index contributed by atoms with van der Waals surface area (Å²) in [7, 11) is -3.68. The average Bonchev–Trinajstić information content (AvgIpc) is 2.53. The van der Waals surface area contributed by atoms with Gasteiger partial charge in [-0.3, -0.25) is 0 Å². The summed E-state index contributed by atoms with van der Waals surface area (Å²) in [5, 5.41) is 4.01. The van der Waals surface area contributed by atoms with Gasteiger partial charge >= 0.3 is 0 Å². The molecule has 0 amide bonds. The average molecular weight is 409 g/mol. The van der Waals surface area contributed by atoms with Gasteiger partial charge in [-0.25, -0.2) is 0 Å². The lowest BCUT2D eigenvalue weighted by atomic mass is 9.87. The van der Waals surface area contributed by atoms with Crippen LogP contribution in [-0.4, -0.2) is 14.1 Å². The van der Waals surface area contributed by atoms with Gasteiger partial charge < -0.3 is 0 Å². The van der Waals surface area contributed by atoms with E-state index < -0.39 is 10.0 Å². The quantitative estimate of drug-likeness (QED) is 0.599. The molecule has 0 unspecified atom stereocenters. The number of rotatable bonds is 4. The van der Waals surface area contributed by atoms with Gasteiger partial charge in [0.05, 0.1) is 10.6 Å². The second-order valence-corrected chi connectivity index (χ2v) is 9.15. The van der Waals surface area contributed by atoms with Crippen LogP contribution in [0.15, 0.2) is 63.0 Å². The minimum atomic E-state index is -3.68. The molecule has 0 aliphatic carbocycles. The van der Waals surface area contributed by atoms with Crippen molar-refractivity contribution in [3.63, 3.8) is 0 Å². The molecule has 0 aliphatic rings. The molecule has 0 aliphatic heterocycles. The number of hydrazone groups is 1. The van der Waals surface area contributed by atoms with E-state index in [0.717, 1.165) is 15.6 Å². The highest BCUT2D eigenvalue weighted by Gasteiger charge is 2.17. The molecular formula is C18H21BrN2O2S. The van der Waals surface area contributed by atoms with E-state index >= 15 is 0 Å². The predicted octanol–water partition coefficient (Wildman–Crippen LogP) is 4.45. The Kier molecular flexibility index (Phi) is 5.50. The van der Waals surface area contributed by atoms with E-state index in [9.17, 15) is 8.42 Å². The molecule has 2 rings (SSSR count).